The number of rotatable bonds is 1. The van der Waals surface area contributed by atoms with E-state index in [1.807, 2.05) is 0 Å². The molecule has 2 saturated heterocycles. The predicted octanol–water partition coefficient (Wildman–Crippen LogP) is -1.10. The average Bonchev–Trinajstić information content (AvgIpc) is 2.61. The van der Waals surface area contributed by atoms with Gasteiger partial charge in [0.25, 0.3) is 0 Å². The molecule has 0 aromatic carbocycles. The molecule has 2 N–H and O–H groups in total. The lowest BCUT2D eigenvalue weighted by atomic mass is 10.2. The number of amides is 3. The average molecular weight is 169 g/mol. The van der Waals surface area contributed by atoms with Crippen molar-refractivity contribution >= 4 is 11.9 Å². The summed E-state index contributed by atoms with van der Waals surface area (Å²) in [5.74, 6) is -0.103. The summed E-state index contributed by atoms with van der Waals surface area (Å²) in [7, 11) is 0. The molecule has 0 aromatic rings. The van der Waals surface area contributed by atoms with Crippen molar-refractivity contribution in [3.63, 3.8) is 0 Å². The molecular formula is C7H11N3O2. The lowest BCUT2D eigenvalue weighted by molar-refractivity contribution is -0.126. The van der Waals surface area contributed by atoms with Gasteiger partial charge < -0.3 is 10.6 Å². The maximum atomic E-state index is 11.2. The molecule has 0 unspecified atom stereocenters. The van der Waals surface area contributed by atoms with Crippen LogP contribution >= 0.6 is 0 Å². The number of carbonyl (C=O) groups excluding carboxylic acids is 2. The third-order valence-corrected chi connectivity index (χ3v) is 2.28. The van der Waals surface area contributed by atoms with Gasteiger partial charge in [0.2, 0.25) is 5.91 Å². The van der Waals surface area contributed by atoms with E-state index in [1.165, 1.54) is 4.90 Å². The van der Waals surface area contributed by atoms with Crippen molar-refractivity contribution in [1.82, 2.24) is 15.5 Å². The third-order valence-electron chi connectivity index (χ3n) is 2.28. The maximum Gasteiger partial charge on any atom is 0.324 e. The Morgan fingerprint density at radius 2 is 2.25 bits per heavy atom. The maximum absolute atomic E-state index is 11.2. The molecule has 0 spiro atoms. The number of imide groups is 1. The van der Waals surface area contributed by atoms with E-state index in [-0.39, 0.29) is 24.5 Å². The lowest BCUT2D eigenvalue weighted by Gasteiger charge is -2.18. The molecule has 1 atom stereocenters. The van der Waals surface area contributed by atoms with Gasteiger partial charge in [0.15, 0.2) is 0 Å². The highest BCUT2D eigenvalue weighted by Crippen LogP contribution is 2.11. The van der Waals surface area contributed by atoms with Crippen molar-refractivity contribution in [3.05, 3.63) is 0 Å². The first-order chi connectivity index (χ1) is 5.79. The van der Waals surface area contributed by atoms with Crippen LogP contribution in [0.25, 0.3) is 0 Å². The zero-order valence-corrected chi connectivity index (χ0v) is 6.67. The normalized spacial score (nSPS) is 29.7. The summed E-state index contributed by atoms with van der Waals surface area (Å²) in [6, 6.07) is -0.173. The molecule has 2 rings (SSSR count). The van der Waals surface area contributed by atoms with Gasteiger partial charge in [0, 0.05) is 6.54 Å². The van der Waals surface area contributed by atoms with Gasteiger partial charge in [0.1, 0.15) is 0 Å². The van der Waals surface area contributed by atoms with Crippen molar-refractivity contribution in [2.24, 2.45) is 0 Å². The fourth-order valence-corrected chi connectivity index (χ4v) is 1.66. The largest absolute Gasteiger partial charge is 0.329 e. The number of urea groups is 1. The molecule has 5 nitrogen and oxygen atoms in total. The van der Waals surface area contributed by atoms with Crippen LogP contribution in [0.3, 0.4) is 0 Å². The number of carbonyl (C=O) groups is 2. The Morgan fingerprint density at radius 3 is 2.75 bits per heavy atom. The Balaban J connectivity index is 2.09. The predicted molar refractivity (Wildman–Crippen MR) is 41.5 cm³/mol. The highest BCUT2D eigenvalue weighted by Gasteiger charge is 2.35. The SMILES string of the molecule is O=C1CNC(=O)N1[C@@H]1CCNC1. The van der Waals surface area contributed by atoms with Gasteiger partial charge >= 0.3 is 6.03 Å². The molecule has 2 fully saturated rings. The first-order valence-electron chi connectivity index (χ1n) is 4.09. The molecule has 12 heavy (non-hydrogen) atoms. The first kappa shape index (κ1) is 7.54. The van der Waals surface area contributed by atoms with Crippen LogP contribution in [0.1, 0.15) is 6.42 Å². The van der Waals surface area contributed by atoms with E-state index in [0.29, 0.717) is 0 Å². The molecule has 2 aliphatic rings. The summed E-state index contributed by atoms with van der Waals surface area (Å²) in [5.41, 5.74) is 0. The molecule has 2 heterocycles. The minimum Gasteiger partial charge on any atom is -0.329 e. The summed E-state index contributed by atoms with van der Waals surface area (Å²) in [5, 5.41) is 5.62. The second kappa shape index (κ2) is 2.75. The Bertz CT molecular complexity index is 207. The minimum atomic E-state index is -0.242. The summed E-state index contributed by atoms with van der Waals surface area (Å²) >= 11 is 0. The van der Waals surface area contributed by atoms with E-state index >= 15 is 0 Å². The minimum absolute atomic E-state index is 0.0694. The summed E-state index contributed by atoms with van der Waals surface area (Å²) < 4.78 is 0. The van der Waals surface area contributed by atoms with Crippen LogP contribution in [0, 0.1) is 0 Å². The van der Waals surface area contributed by atoms with Gasteiger partial charge in [-0.05, 0) is 13.0 Å². The van der Waals surface area contributed by atoms with E-state index in [9.17, 15) is 9.59 Å². The van der Waals surface area contributed by atoms with Crippen LogP contribution in [-0.4, -0.2) is 42.5 Å². The molecule has 0 radical (unpaired) electrons. The van der Waals surface area contributed by atoms with Crippen LogP contribution < -0.4 is 10.6 Å². The summed E-state index contributed by atoms with van der Waals surface area (Å²) in [4.78, 5) is 23.7. The quantitative estimate of drug-likeness (QED) is 0.490. The van der Waals surface area contributed by atoms with E-state index in [1.54, 1.807) is 0 Å². The van der Waals surface area contributed by atoms with Crippen molar-refractivity contribution in [1.29, 1.82) is 0 Å². The Kier molecular flexibility index (Phi) is 1.73. The highest BCUT2D eigenvalue weighted by molar-refractivity contribution is 6.02. The highest BCUT2D eigenvalue weighted by atomic mass is 16.2. The molecular weight excluding hydrogens is 158 g/mol. The topological polar surface area (TPSA) is 61.4 Å². The molecule has 66 valence electrons. The number of hydrogen-bond donors (Lipinski definition) is 2. The van der Waals surface area contributed by atoms with Crippen molar-refractivity contribution in [2.45, 2.75) is 12.5 Å². The molecule has 0 aromatic heterocycles. The summed E-state index contributed by atoms with van der Waals surface area (Å²) in [6.07, 6.45) is 0.874. The molecule has 5 heteroatoms. The van der Waals surface area contributed by atoms with E-state index in [2.05, 4.69) is 10.6 Å². The third kappa shape index (κ3) is 1.06. The van der Waals surface area contributed by atoms with Crippen molar-refractivity contribution < 1.29 is 9.59 Å². The van der Waals surface area contributed by atoms with Gasteiger partial charge in [0.05, 0.1) is 12.6 Å². The monoisotopic (exact) mass is 169 g/mol. The van der Waals surface area contributed by atoms with Crippen molar-refractivity contribution in [3.8, 4) is 0 Å². The summed E-state index contributed by atoms with van der Waals surface area (Å²) in [6.45, 7) is 1.79. The fourth-order valence-electron chi connectivity index (χ4n) is 1.66. The van der Waals surface area contributed by atoms with Crippen LogP contribution in [0.5, 0.6) is 0 Å². The second-order valence-electron chi connectivity index (χ2n) is 3.07. The molecule has 2 aliphatic heterocycles. The van der Waals surface area contributed by atoms with Crippen molar-refractivity contribution in [2.75, 3.05) is 19.6 Å². The number of nitrogens with zero attached hydrogens (tertiary/aromatic N) is 1. The molecule has 3 amide bonds. The van der Waals surface area contributed by atoms with Gasteiger partial charge in [-0.2, -0.15) is 0 Å². The van der Waals surface area contributed by atoms with Crippen LogP contribution in [0.2, 0.25) is 0 Å². The van der Waals surface area contributed by atoms with Crippen LogP contribution in [0.4, 0.5) is 4.79 Å². The molecule has 0 bridgehead atoms. The van der Waals surface area contributed by atoms with Gasteiger partial charge in [-0.15, -0.1) is 0 Å². The zero-order valence-electron chi connectivity index (χ0n) is 6.67. The Morgan fingerprint density at radius 1 is 1.42 bits per heavy atom. The van der Waals surface area contributed by atoms with E-state index < -0.39 is 0 Å². The fraction of sp³-hybridized carbons (Fsp3) is 0.714. The zero-order chi connectivity index (χ0) is 8.55. The lowest BCUT2D eigenvalue weighted by Crippen LogP contribution is -2.41. The van der Waals surface area contributed by atoms with Gasteiger partial charge in [-0.25, -0.2) is 4.79 Å². The Hall–Kier alpha value is -1.10. The molecule has 0 saturated carbocycles. The second-order valence-corrected chi connectivity index (χ2v) is 3.07. The number of hydrogen-bond acceptors (Lipinski definition) is 3. The van der Waals surface area contributed by atoms with Crippen LogP contribution in [-0.2, 0) is 4.79 Å². The number of nitrogens with one attached hydrogen (secondary N) is 2. The smallest absolute Gasteiger partial charge is 0.324 e. The Labute approximate surface area is 70.1 Å². The first-order valence-corrected chi connectivity index (χ1v) is 4.09. The van der Waals surface area contributed by atoms with E-state index in [0.717, 1.165) is 19.5 Å². The van der Waals surface area contributed by atoms with Crippen LogP contribution in [0.15, 0.2) is 0 Å². The van der Waals surface area contributed by atoms with E-state index in [4.69, 9.17) is 0 Å². The standard InChI is InChI=1S/C7H11N3O2/c11-6-4-9-7(12)10(6)5-1-2-8-3-5/h5,8H,1-4H2,(H,9,12)/t5-/m1/s1. The van der Waals surface area contributed by atoms with Gasteiger partial charge in [-0.1, -0.05) is 0 Å². The molecule has 0 aliphatic carbocycles. The van der Waals surface area contributed by atoms with Gasteiger partial charge in [-0.3, -0.25) is 9.69 Å².